The fraction of sp³-hybridized carbons (Fsp3) is 0.500. The molecule has 1 saturated carbocycles. The number of carbonyl (C=O) groups is 1. The molecule has 64 valence electrons. The number of rotatable bonds is 3. The van der Waals surface area contributed by atoms with Crippen LogP contribution in [0.1, 0.15) is 29.2 Å². The number of Topliss-reactive ketones (excluding diaryl/α,β-unsaturated/α-hetero) is 1. The zero-order chi connectivity index (χ0) is 8.55. The van der Waals surface area contributed by atoms with Crippen molar-refractivity contribution in [1.29, 1.82) is 0 Å². The van der Waals surface area contributed by atoms with Crippen molar-refractivity contribution in [2.45, 2.75) is 18.9 Å². The van der Waals surface area contributed by atoms with Gasteiger partial charge in [-0.15, -0.1) is 0 Å². The van der Waals surface area contributed by atoms with E-state index in [9.17, 15) is 4.79 Å². The second-order valence-electron chi connectivity index (χ2n) is 3.07. The molecular formula is C8H11N3O. The molecule has 2 N–H and O–H groups in total. The molecule has 1 aromatic rings. The summed E-state index contributed by atoms with van der Waals surface area (Å²) in [5.41, 5.74) is 5.85. The summed E-state index contributed by atoms with van der Waals surface area (Å²) in [4.78, 5) is 11.1. The molecule has 1 aliphatic carbocycles. The maximum absolute atomic E-state index is 11.1. The molecule has 2 rings (SSSR count). The smallest absolute Gasteiger partial charge is 0.179 e. The SMILES string of the molecule is NCC(=O)c1cnn(C2CC2)c1. The van der Waals surface area contributed by atoms with Crippen molar-refractivity contribution in [3.05, 3.63) is 18.0 Å². The van der Waals surface area contributed by atoms with E-state index in [0.717, 1.165) is 0 Å². The maximum atomic E-state index is 11.1. The normalized spacial score (nSPS) is 16.4. The summed E-state index contributed by atoms with van der Waals surface area (Å²) in [6.45, 7) is 0.0658. The fourth-order valence-corrected chi connectivity index (χ4v) is 1.14. The highest BCUT2D eigenvalue weighted by Crippen LogP contribution is 2.33. The molecule has 1 aromatic heterocycles. The van der Waals surface area contributed by atoms with Crippen molar-refractivity contribution in [3.63, 3.8) is 0 Å². The molecule has 0 atom stereocenters. The summed E-state index contributed by atoms with van der Waals surface area (Å²) in [7, 11) is 0. The quantitative estimate of drug-likeness (QED) is 0.658. The molecule has 0 aliphatic heterocycles. The van der Waals surface area contributed by atoms with Gasteiger partial charge in [-0.05, 0) is 12.8 Å². The van der Waals surface area contributed by atoms with Gasteiger partial charge in [-0.25, -0.2) is 0 Å². The van der Waals surface area contributed by atoms with Gasteiger partial charge in [0.25, 0.3) is 0 Å². The van der Waals surface area contributed by atoms with Crippen LogP contribution < -0.4 is 5.73 Å². The summed E-state index contributed by atoms with van der Waals surface area (Å²) < 4.78 is 1.85. The average molecular weight is 165 g/mol. The van der Waals surface area contributed by atoms with Crippen molar-refractivity contribution in [2.75, 3.05) is 6.54 Å². The third kappa shape index (κ3) is 1.25. The van der Waals surface area contributed by atoms with Crippen LogP contribution in [0.25, 0.3) is 0 Å². The third-order valence-corrected chi connectivity index (χ3v) is 2.03. The predicted molar refractivity (Wildman–Crippen MR) is 43.9 cm³/mol. The average Bonchev–Trinajstić information content (AvgIpc) is 2.83. The van der Waals surface area contributed by atoms with Crippen LogP contribution in [0.3, 0.4) is 0 Å². The first-order chi connectivity index (χ1) is 5.81. The van der Waals surface area contributed by atoms with Gasteiger partial charge in [0.1, 0.15) is 0 Å². The number of carbonyl (C=O) groups excluding carboxylic acids is 1. The standard InChI is InChI=1S/C8H11N3O/c9-3-8(12)6-4-10-11(5-6)7-1-2-7/h4-5,7H,1-3,9H2. The van der Waals surface area contributed by atoms with E-state index in [4.69, 9.17) is 5.73 Å². The Hall–Kier alpha value is -1.16. The van der Waals surface area contributed by atoms with Crippen molar-refractivity contribution < 1.29 is 4.79 Å². The minimum absolute atomic E-state index is 0.0399. The predicted octanol–water partition coefficient (Wildman–Crippen LogP) is 0.359. The Balaban J connectivity index is 2.17. The summed E-state index contributed by atoms with van der Waals surface area (Å²) >= 11 is 0. The van der Waals surface area contributed by atoms with Gasteiger partial charge in [0, 0.05) is 6.20 Å². The van der Waals surface area contributed by atoms with E-state index >= 15 is 0 Å². The van der Waals surface area contributed by atoms with E-state index in [1.165, 1.54) is 12.8 Å². The first-order valence-electron chi connectivity index (χ1n) is 4.08. The molecule has 1 aliphatic rings. The largest absolute Gasteiger partial charge is 0.324 e. The van der Waals surface area contributed by atoms with Crippen LogP contribution in [-0.4, -0.2) is 22.1 Å². The highest BCUT2D eigenvalue weighted by molar-refractivity contribution is 5.96. The Bertz CT molecular complexity index is 301. The second kappa shape index (κ2) is 2.71. The van der Waals surface area contributed by atoms with Gasteiger partial charge in [-0.2, -0.15) is 5.10 Å². The number of aromatic nitrogens is 2. The third-order valence-electron chi connectivity index (χ3n) is 2.03. The molecule has 0 bridgehead atoms. The summed E-state index contributed by atoms with van der Waals surface area (Å²) in [5.74, 6) is -0.0399. The lowest BCUT2D eigenvalue weighted by Gasteiger charge is -1.93. The van der Waals surface area contributed by atoms with Gasteiger partial charge in [-0.3, -0.25) is 9.48 Å². The number of hydrogen-bond acceptors (Lipinski definition) is 3. The first kappa shape index (κ1) is 7.49. The highest BCUT2D eigenvalue weighted by atomic mass is 16.1. The first-order valence-corrected chi connectivity index (χ1v) is 4.08. The Morgan fingerprint density at radius 3 is 3.08 bits per heavy atom. The zero-order valence-corrected chi connectivity index (χ0v) is 6.73. The van der Waals surface area contributed by atoms with E-state index < -0.39 is 0 Å². The minimum atomic E-state index is -0.0399. The van der Waals surface area contributed by atoms with Crippen molar-refractivity contribution in [2.24, 2.45) is 5.73 Å². The molecular weight excluding hydrogens is 154 g/mol. The number of nitrogens with two attached hydrogens (primary N) is 1. The minimum Gasteiger partial charge on any atom is -0.324 e. The molecule has 0 radical (unpaired) electrons. The summed E-state index contributed by atoms with van der Waals surface area (Å²) in [6, 6.07) is 0.532. The Kier molecular flexibility index (Phi) is 1.69. The van der Waals surface area contributed by atoms with Crippen LogP contribution in [0.5, 0.6) is 0 Å². The van der Waals surface area contributed by atoms with Gasteiger partial charge in [0.15, 0.2) is 5.78 Å². The molecule has 1 heterocycles. The number of ketones is 1. The van der Waals surface area contributed by atoms with Gasteiger partial charge >= 0.3 is 0 Å². The monoisotopic (exact) mass is 165 g/mol. The van der Waals surface area contributed by atoms with E-state index in [0.29, 0.717) is 11.6 Å². The van der Waals surface area contributed by atoms with Crippen LogP contribution in [-0.2, 0) is 0 Å². The van der Waals surface area contributed by atoms with E-state index in [1.54, 1.807) is 12.4 Å². The molecule has 4 heteroatoms. The fourth-order valence-electron chi connectivity index (χ4n) is 1.14. The van der Waals surface area contributed by atoms with Gasteiger partial charge in [0.05, 0.1) is 24.3 Å². The van der Waals surface area contributed by atoms with E-state index in [1.807, 2.05) is 4.68 Å². The lowest BCUT2D eigenvalue weighted by Crippen LogP contribution is -2.12. The Morgan fingerprint density at radius 1 is 1.75 bits per heavy atom. The van der Waals surface area contributed by atoms with Gasteiger partial charge in [0.2, 0.25) is 0 Å². The highest BCUT2D eigenvalue weighted by Gasteiger charge is 2.24. The van der Waals surface area contributed by atoms with Crippen LogP contribution in [0, 0.1) is 0 Å². The Labute approximate surface area is 70.4 Å². The summed E-state index contributed by atoms with van der Waals surface area (Å²) in [5, 5.41) is 4.09. The van der Waals surface area contributed by atoms with Crippen LogP contribution in [0.2, 0.25) is 0 Å². The molecule has 1 fully saturated rings. The van der Waals surface area contributed by atoms with Crippen molar-refractivity contribution >= 4 is 5.78 Å². The lowest BCUT2D eigenvalue weighted by atomic mass is 10.2. The van der Waals surface area contributed by atoms with Crippen LogP contribution in [0.4, 0.5) is 0 Å². The van der Waals surface area contributed by atoms with Crippen LogP contribution >= 0.6 is 0 Å². The number of nitrogens with zero attached hydrogens (tertiary/aromatic N) is 2. The second-order valence-corrected chi connectivity index (χ2v) is 3.07. The lowest BCUT2D eigenvalue weighted by molar-refractivity contribution is 0.100. The molecule has 0 saturated heterocycles. The van der Waals surface area contributed by atoms with Gasteiger partial charge < -0.3 is 5.73 Å². The molecule has 0 unspecified atom stereocenters. The molecule has 0 amide bonds. The molecule has 0 spiro atoms. The van der Waals surface area contributed by atoms with E-state index in [-0.39, 0.29) is 12.3 Å². The molecule has 0 aromatic carbocycles. The van der Waals surface area contributed by atoms with Gasteiger partial charge in [-0.1, -0.05) is 0 Å². The zero-order valence-electron chi connectivity index (χ0n) is 6.73. The number of hydrogen-bond donors (Lipinski definition) is 1. The maximum Gasteiger partial charge on any atom is 0.179 e. The van der Waals surface area contributed by atoms with Crippen molar-refractivity contribution in [1.82, 2.24) is 9.78 Å². The summed E-state index contributed by atoms with van der Waals surface area (Å²) in [6.07, 6.45) is 5.73. The van der Waals surface area contributed by atoms with Crippen LogP contribution in [0.15, 0.2) is 12.4 Å². The topological polar surface area (TPSA) is 60.9 Å². The van der Waals surface area contributed by atoms with Crippen molar-refractivity contribution in [3.8, 4) is 0 Å². The molecule has 4 nitrogen and oxygen atoms in total. The molecule has 12 heavy (non-hydrogen) atoms. The van der Waals surface area contributed by atoms with E-state index in [2.05, 4.69) is 5.10 Å². The Morgan fingerprint density at radius 2 is 2.50 bits per heavy atom.